The second-order valence-corrected chi connectivity index (χ2v) is 5.84. The molecule has 20 heavy (non-hydrogen) atoms. The van der Waals surface area contributed by atoms with Crippen molar-refractivity contribution in [3.05, 3.63) is 57.6 Å². The van der Waals surface area contributed by atoms with Gasteiger partial charge in [-0.15, -0.1) is 0 Å². The molecular weight excluding hydrogens is 291 g/mol. The largest absolute Gasteiger partial charge is 0.398 e. The van der Waals surface area contributed by atoms with E-state index in [0.29, 0.717) is 10.7 Å². The molecule has 0 aliphatic carbocycles. The highest BCUT2D eigenvalue weighted by molar-refractivity contribution is 6.33. The summed E-state index contributed by atoms with van der Waals surface area (Å²) in [5.41, 5.74) is 9.82. The third-order valence-corrected chi connectivity index (χ3v) is 4.21. The summed E-state index contributed by atoms with van der Waals surface area (Å²) in [5, 5.41) is 1.33. The molecule has 2 N–H and O–H groups in total. The fourth-order valence-corrected chi connectivity index (χ4v) is 2.53. The number of rotatable bonds is 3. The molecule has 0 heterocycles. The lowest BCUT2D eigenvalue weighted by Gasteiger charge is -2.29. The van der Waals surface area contributed by atoms with Gasteiger partial charge in [0.2, 0.25) is 0 Å². The number of nitrogens with zero attached hydrogens (tertiary/aromatic N) is 1. The zero-order valence-corrected chi connectivity index (χ0v) is 13.3. The minimum atomic E-state index is 0.214. The summed E-state index contributed by atoms with van der Waals surface area (Å²) >= 11 is 12.1. The number of nitrogens with two attached hydrogens (primary N) is 1. The molecule has 2 aromatic carbocycles. The molecule has 0 saturated heterocycles. The lowest BCUT2D eigenvalue weighted by Crippen LogP contribution is -2.22. The van der Waals surface area contributed by atoms with Gasteiger partial charge in [-0.3, -0.25) is 0 Å². The van der Waals surface area contributed by atoms with Crippen LogP contribution in [-0.2, 0) is 0 Å². The Labute approximate surface area is 130 Å². The van der Waals surface area contributed by atoms with Gasteiger partial charge in [0.1, 0.15) is 0 Å². The Morgan fingerprint density at radius 2 is 1.70 bits per heavy atom. The first-order valence-electron chi connectivity index (χ1n) is 6.44. The zero-order valence-electron chi connectivity index (χ0n) is 11.8. The van der Waals surface area contributed by atoms with Crippen LogP contribution in [0.25, 0.3) is 0 Å². The van der Waals surface area contributed by atoms with Gasteiger partial charge in [-0.1, -0.05) is 35.3 Å². The van der Waals surface area contributed by atoms with Crippen molar-refractivity contribution in [2.45, 2.75) is 19.9 Å². The average Bonchev–Trinajstić information content (AvgIpc) is 2.42. The summed E-state index contributed by atoms with van der Waals surface area (Å²) in [5.74, 6) is 0. The second kappa shape index (κ2) is 5.94. The Morgan fingerprint density at radius 3 is 2.30 bits per heavy atom. The average molecular weight is 309 g/mol. The van der Waals surface area contributed by atoms with Gasteiger partial charge in [0.05, 0.1) is 16.8 Å². The molecular formula is C16H18Cl2N2. The van der Waals surface area contributed by atoms with E-state index < -0.39 is 0 Å². The third-order valence-electron chi connectivity index (χ3n) is 3.63. The Kier molecular flexibility index (Phi) is 4.46. The van der Waals surface area contributed by atoms with Gasteiger partial charge in [0.15, 0.2) is 0 Å². The van der Waals surface area contributed by atoms with Crippen LogP contribution < -0.4 is 10.6 Å². The highest BCUT2D eigenvalue weighted by Crippen LogP contribution is 2.33. The summed E-state index contributed by atoms with van der Waals surface area (Å²) in [6.45, 7) is 4.18. The van der Waals surface area contributed by atoms with Gasteiger partial charge in [0.25, 0.3) is 0 Å². The number of aryl methyl sites for hydroxylation is 1. The van der Waals surface area contributed by atoms with E-state index in [4.69, 9.17) is 28.9 Å². The number of nitrogen functional groups attached to an aromatic ring is 1. The SMILES string of the molecule is Cc1cc(N)c(Cl)cc1N(C)C(C)c1ccc(Cl)cc1. The number of hydrogen-bond donors (Lipinski definition) is 1. The van der Waals surface area contributed by atoms with E-state index in [9.17, 15) is 0 Å². The summed E-state index contributed by atoms with van der Waals surface area (Å²) in [7, 11) is 2.05. The van der Waals surface area contributed by atoms with Crippen molar-refractivity contribution in [3.8, 4) is 0 Å². The van der Waals surface area contributed by atoms with Crippen molar-refractivity contribution in [2.24, 2.45) is 0 Å². The lowest BCUT2D eigenvalue weighted by molar-refractivity contribution is 0.738. The predicted molar refractivity (Wildman–Crippen MR) is 88.9 cm³/mol. The van der Waals surface area contributed by atoms with Crippen LogP contribution in [0.2, 0.25) is 10.0 Å². The molecule has 0 fully saturated rings. The quantitative estimate of drug-likeness (QED) is 0.801. The molecule has 4 heteroatoms. The topological polar surface area (TPSA) is 29.3 Å². The van der Waals surface area contributed by atoms with E-state index in [0.717, 1.165) is 16.3 Å². The Hall–Kier alpha value is -1.38. The fraction of sp³-hybridized carbons (Fsp3) is 0.250. The van der Waals surface area contributed by atoms with Gasteiger partial charge in [-0.05, 0) is 49.2 Å². The standard InChI is InChI=1S/C16H18Cl2N2/c1-10-8-15(19)14(18)9-16(10)20(3)11(2)12-4-6-13(17)7-5-12/h4-9,11H,19H2,1-3H3. The first kappa shape index (κ1) is 15.0. The molecule has 0 spiro atoms. The number of anilines is 2. The molecule has 2 rings (SSSR count). The van der Waals surface area contributed by atoms with Gasteiger partial charge in [0, 0.05) is 17.8 Å². The fourth-order valence-electron chi connectivity index (χ4n) is 2.25. The third kappa shape index (κ3) is 3.02. The Bertz CT molecular complexity index is 609. The van der Waals surface area contributed by atoms with E-state index in [1.807, 2.05) is 50.4 Å². The summed E-state index contributed by atoms with van der Waals surface area (Å²) in [6.07, 6.45) is 0. The lowest BCUT2D eigenvalue weighted by atomic mass is 10.1. The van der Waals surface area contributed by atoms with Crippen LogP contribution in [0.4, 0.5) is 11.4 Å². The van der Waals surface area contributed by atoms with Gasteiger partial charge < -0.3 is 10.6 Å². The molecule has 2 nitrogen and oxygen atoms in total. The van der Waals surface area contributed by atoms with Crippen LogP contribution in [0.1, 0.15) is 24.1 Å². The van der Waals surface area contributed by atoms with Crippen LogP contribution in [0.3, 0.4) is 0 Å². The highest BCUT2D eigenvalue weighted by atomic mass is 35.5. The highest BCUT2D eigenvalue weighted by Gasteiger charge is 2.15. The summed E-state index contributed by atoms with van der Waals surface area (Å²) in [4.78, 5) is 2.18. The molecule has 2 aromatic rings. The second-order valence-electron chi connectivity index (χ2n) is 5.00. The van der Waals surface area contributed by atoms with Crippen LogP contribution in [0.15, 0.2) is 36.4 Å². The molecule has 0 bridgehead atoms. The number of halogens is 2. The molecule has 106 valence electrons. The first-order valence-corrected chi connectivity index (χ1v) is 7.19. The van der Waals surface area contributed by atoms with Crippen LogP contribution in [0, 0.1) is 6.92 Å². The summed E-state index contributed by atoms with van der Waals surface area (Å²) in [6, 6.07) is 11.9. The van der Waals surface area contributed by atoms with Gasteiger partial charge in [-0.25, -0.2) is 0 Å². The minimum Gasteiger partial charge on any atom is -0.398 e. The van der Waals surface area contributed by atoms with Crippen molar-refractivity contribution in [3.63, 3.8) is 0 Å². The van der Waals surface area contributed by atoms with E-state index in [1.54, 1.807) is 0 Å². The van der Waals surface area contributed by atoms with Crippen molar-refractivity contribution >= 4 is 34.6 Å². The molecule has 0 radical (unpaired) electrons. The van der Waals surface area contributed by atoms with E-state index in [-0.39, 0.29) is 6.04 Å². The van der Waals surface area contributed by atoms with E-state index in [2.05, 4.69) is 11.8 Å². The maximum Gasteiger partial charge on any atom is 0.0656 e. The molecule has 0 aromatic heterocycles. The molecule has 1 atom stereocenters. The smallest absolute Gasteiger partial charge is 0.0656 e. The maximum absolute atomic E-state index is 6.13. The van der Waals surface area contributed by atoms with Crippen molar-refractivity contribution in [1.82, 2.24) is 0 Å². The van der Waals surface area contributed by atoms with E-state index in [1.165, 1.54) is 5.56 Å². The predicted octanol–water partition coefficient (Wildman–Crippen LogP) is 5.08. The van der Waals surface area contributed by atoms with Crippen molar-refractivity contribution in [2.75, 3.05) is 17.7 Å². The monoisotopic (exact) mass is 308 g/mol. The molecule has 0 aliphatic heterocycles. The Morgan fingerprint density at radius 1 is 1.10 bits per heavy atom. The molecule has 1 unspecified atom stereocenters. The van der Waals surface area contributed by atoms with Crippen LogP contribution in [-0.4, -0.2) is 7.05 Å². The van der Waals surface area contributed by atoms with Gasteiger partial charge in [-0.2, -0.15) is 0 Å². The normalized spacial score (nSPS) is 12.2. The maximum atomic E-state index is 6.13. The number of benzene rings is 2. The zero-order chi connectivity index (χ0) is 14.9. The molecule has 0 amide bonds. The number of hydrogen-bond acceptors (Lipinski definition) is 2. The van der Waals surface area contributed by atoms with Gasteiger partial charge >= 0.3 is 0 Å². The molecule has 0 aliphatic rings. The van der Waals surface area contributed by atoms with Crippen molar-refractivity contribution in [1.29, 1.82) is 0 Å². The minimum absolute atomic E-state index is 0.214. The first-order chi connectivity index (χ1) is 9.40. The summed E-state index contributed by atoms with van der Waals surface area (Å²) < 4.78 is 0. The Balaban J connectivity index is 2.33. The van der Waals surface area contributed by atoms with Crippen molar-refractivity contribution < 1.29 is 0 Å². The van der Waals surface area contributed by atoms with E-state index >= 15 is 0 Å². The van der Waals surface area contributed by atoms with Crippen LogP contribution in [0.5, 0.6) is 0 Å². The van der Waals surface area contributed by atoms with Crippen LogP contribution >= 0.6 is 23.2 Å². The molecule has 0 saturated carbocycles.